The number of likely N-dealkylation sites (tertiary alicyclic amines) is 1. The number of hydrogen-bond acceptors (Lipinski definition) is 7. The van der Waals surface area contributed by atoms with Crippen molar-refractivity contribution < 1.29 is 33.4 Å². The number of carbonyl (C=O) groups excluding carboxylic acids is 3. The molecule has 0 bridgehead atoms. The maximum atomic E-state index is 13.1. The molecule has 1 aliphatic heterocycles. The number of aliphatic hydroxyl groups is 1. The first-order valence-electron chi connectivity index (χ1n) is 14.0. The van der Waals surface area contributed by atoms with Crippen molar-refractivity contribution in [3.05, 3.63) is 0 Å². The molecule has 10 nitrogen and oxygen atoms in total. The second kappa shape index (κ2) is 13.9. The lowest BCUT2D eigenvalue weighted by Gasteiger charge is -2.33. The third kappa shape index (κ3) is 13.3. The Bertz CT molecular complexity index is 899. The summed E-state index contributed by atoms with van der Waals surface area (Å²) in [5.74, 6) is -0.805. The van der Waals surface area contributed by atoms with Crippen molar-refractivity contribution in [1.29, 1.82) is 0 Å². The first-order chi connectivity index (χ1) is 17.8. The van der Waals surface area contributed by atoms with Crippen LogP contribution in [0.5, 0.6) is 0 Å². The van der Waals surface area contributed by atoms with Gasteiger partial charge in [0.25, 0.3) is 0 Å². The van der Waals surface area contributed by atoms with Crippen molar-refractivity contribution in [3.63, 3.8) is 0 Å². The van der Waals surface area contributed by atoms with Crippen LogP contribution in [0.3, 0.4) is 0 Å². The van der Waals surface area contributed by atoms with Crippen LogP contribution in [0.4, 0.5) is 0 Å². The van der Waals surface area contributed by atoms with Crippen LogP contribution in [0.15, 0.2) is 0 Å². The van der Waals surface area contributed by atoms with Gasteiger partial charge in [-0.2, -0.15) is 0 Å². The molecular weight excluding hydrogens is 553 g/mol. The normalized spacial score (nSPS) is 20.4. The van der Waals surface area contributed by atoms with Gasteiger partial charge in [0.15, 0.2) is 0 Å². The van der Waals surface area contributed by atoms with Crippen molar-refractivity contribution in [2.45, 2.75) is 114 Å². The summed E-state index contributed by atoms with van der Waals surface area (Å²) in [6.07, 6.45) is 0.245. The Kier molecular flexibility index (Phi) is 12.8. The fourth-order valence-electron chi connectivity index (χ4n) is 5.64. The molecule has 234 valence electrons. The number of nitrogens with zero attached hydrogens (tertiary/aromatic N) is 1. The van der Waals surface area contributed by atoms with Crippen molar-refractivity contribution in [1.82, 2.24) is 15.5 Å². The van der Waals surface area contributed by atoms with Gasteiger partial charge < -0.3 is 30.1 Å². The third-order valence-corrected chi connectivity index (χ3v) is 8.26. The lowest BCUT2D eigenvalue weighted by molar-refractivity contribution is -0.134. The molecule has 1 rings (SSSR count). The fourth-order valence-corrected chi connectivity index (χ4v) is 7.02. The van der Waals surface area contributed by atoms with Gasteiger partial charge in [0.2, 0.25) is 17.7 Å². The summed E-state index contributed by atoms with van der Waals surface area (Å²) in [5, 5.41) is 15.6. The molecule has 0 aliphatic carbocycles. The van der Waals surface area contributed by atoms with Crippen LogP contribution in [-0.4, -0.2) is 77.1 Å². The van der Waals surface area contributed by atoms with Gasteiger partial charge in [-0.3, -0.25) is 18.9 Å². The van der Waals surface area contributed by atoms with Crippen LogP contribution in [0, 0.1) is 21.7 Å². The van der Waals surface area contributed by atoms with Gasteiger partial charge in [0.05, 0.1) is 6.10 Å². The number of nitrogens with one attached hydrogen (secondary N) is 2. The quantitative estimate of drug-likeness (QED) is 0.233. The highest BCUT2D eigenvalue weighted by molar-refractivity contribution is 8.07. The summed E-state index contributed by atoms with van der Waals surface area (Å²) >= 11 is 5.19. The molecule has 1 heterocycles. The molecule has 1 saturated heterocycles. The molecule has 0 saturated carbocycles. The highest BCUT2D eigenvalue weighted by Crippen LogP contribution is 2.45. The largest absolute Gasteiger partial charge is 0.391 e. The predicted molar refractivity (Wildman–Crippen MR) is 161 cm³/mol. The van der Waals surface area contributed by atoms with Gasteiger partial charge in [-0.15, -0.1) is 0 Å². The topological polar surface area (TPSA) is 137 Å². The number of β-amino-alcohol motifs (C(OH)–C–C–N with tert-alkyl or cyclic N) is 1. The molecule has 0 spiro atoms. The molecule has 0 aromatic rings. The Morgan fingerprint density at radius 3 is 1.70 bits per heavy atom. The Hall–Kier alpha value is -1.10. The van der Waals surface area contributed by atoms with Gasteiger partial charge in [-0.1, -0.05) is 69.2 Å². The molecule has 1 unspecified atom stereocenters. The fraction of sp³-hybridized carbons (Fsp3) is 0.893. The molecule has 12 heteroatoms. The summed E-state index contributed by atoms with van der Waals surface area (Å²) in [6, 6.07) is -0.158. The van der Waals surface area contributed by atoms with E-state index in [-0.39, 0.29) is 48.3 Å². The second-order valence-corrected chi connectivity index (χ2v) is 17.7. The number of aliphatic hydroxyl groups excluding tert-OH is 1. The van der Waals surface area contributed by atoms with E-state index < -0.39 is 42.3 Å². The summed E-state index contributed by atoms with van der Waals surface area (Å²) < 4.78 is 11.1. The van der Waals surface area contributed by atoms with E-state index in [2.05, 4.69) is 52.2 Å². The van der Waals surface area contributed by atoms with Crippen LogP contribution in [-0.2, 0) is 35.2 Å². The molecule has 0 aromatic carbocycles. The molecule has 40 heavy (non-hydrogen) atoms. The van der Waals surface area contributed by atoms with Crippen LogP contribution >= 0.6 is 6.72 Å². The molecular formula is C28H54N3O7PS. The monoisotopic (exact) mass is 607 g/mol. The minimum atomic E-state index is -3.93. The van der Waals surface area contributed by atoms with E-state index in [1.165, 1.54) is 4.90 Å². The van der Waals surface area contributed by atoms with Gasteiger partial charge >= 0.3 is 6.72 Å². The summed E-state index contributed by atoms with van der Waals surface area (Å²) in [7, 11) is 0. The molecule has 4 N–H and O–H groups in total. The highest BCUT2D eigenvalue weighted by Gasteiger charge is 2.36. The molecule has 0 radical (unpaired) electrons. The van der Waals surface area contributed by atoms with E-state index in [0.717, 1.165) is 0 Å². The van der Waals surface area contributed by atoms with Gasteiger partial charge in [0, 0.05) is 36.5 Å². The number of hydrogen-bond donors (Lipinski definition) is 4. The Labute approximate surface area is 246 Å². The first-order valence-corrected chi connectivity index (χ1v) is 16.6. The van der Waals surface area contributed by atoms with Gasteiger partial charge in [-0.05, 0) is 48.8 Å². The number of rotatable bonds is 13. The Morgan fingerprint density at radius 1 is 0.925 bits per heavy atom. The zero-order valence-corrected chi connectivity index (χ0v) is 28.1. The second-order valence-electron chi connectivity index (χ2n) is 14.9. The Morgan fingerprint density at radius 2 is 1.35 bits per heavy atom. The van der Waals surface area contributed by atoms with Crippen LogP contribution in [0.2, 0.25) is 0 Å². The summed E-state index contributed by atoms with van der Waals surface area (Å²) in [5.41, 5.74) is -1.47. The molecule has 0 aromatic heterocycles. The molecule has 1 fully saturated rings. The predicted octanol–water partition coefficient (Wildman–Crippen LogP) is 3.74. The van der Waals surface area contributed by atoms with E-state index in [1.54, 1.807) is 0 Å². The van der Waals surface area contributed by atoms with Crippen molar-refractivity contribution in [2.75, 3.05) is 26.2 Å². The van der Waals surface area contributed by atoms with Crippen molar-refractivity contribution in [2.24, 2.45) is 21.7 Å². The van der Waals surface area contributed by atoms with E-state index in [9.17, 15) is 24.4 Å². The van der Waals surface area contributed by atoms with Crippen LogP contribution in [0.1, 0.15) is 95.4 Å². The van der Waals surface area contributed by atoms with Gasteiger partial charge in [0.1, 0.15) is 12.7 Å². The molecule has 3 atom stereocenters. The third-order valence-electron chi connectivity index (χ3n) is 6.66. The van der Waals surface area contributed by atoms with E-state index in [4.69, 9.17) is 20.9 Å². The highest BCUT2D eigenvalue weighted by atomic mass is 32.5. The zero-order valence-electron chi connectivity index (χ0n) is 26.4. The number of amides is 3. The standard InChI is InChI=1S/C28H54N3O7PS/c1-19-12-20(32)15-31(19)22(33)16-37-39(36,40)38-21(13-29-23(34)27(8,9)17-25(2,3)4)14-30-24(35)28(10,11)18-26(5,6)7/h19-21,32H,12-18H2,1-11H3,(H,29,34)(H,30,35)(H,36,40)/t19-,20-,39?/m1/s1. The minimum Gasteiger partial charge on any atom is -0.391 e. The van der Waals surface area contributed by atoms with Crippen molar-refractivity contribution >= 4 is 36.2 Å². The van der Waals surface area contributed by atoms with Crippen LogP contribution < -0.4 is 10.6 Å². The first kappa shape index (κ1) is 36.9. The SMILES string of the molecule is C[C@@H]1C[C@@H](O)CN1C(=O)COP(O)(=S)OC(CNC(=O)C(C)(C)CC(C)(C)C)CNC(=O)C(C)(C)CC(C)(C)C. The van der Waals surface area contributed by atoms with E-state index in [0.29, 0.717) is 19.3 Å². The lowest BCUT2D eigenvalue weighted by atomic mass is 9.75. The zero-order chi connectivity index (χ0) is 31.3. The summed E-state index contributed by atoms with van der Waals surface area (Å²) in [4.78, 5) is 51.0. The van der Waals surface area contributed by atoms with E-state index in [1.807, 2.05) is 34.6 Å². The lowest BCUT2D eigenvalue weighted by Crippen LogP contribution is -2.47. The Balaban J connectivity index is 2.94. The average Bonchev–Trinajstić information content (AvgIpc) is 3.07. The smallest absolute Gasteiger partial charge is 0.325 e. The number of carbonyl (C=O) groups is 3. The molecule has 3 amide bonds. The summed E-state index contributed by atoms with van der Waals surface area (Å²) in [6.45, 7) is 17.3. The van der Waals surface area contributed by atoms with Crippen LogP contribution in [0.25, 0.3) is 0 Å². The van der Waals surface area contributed by atoms with Crippen molar-refractivity contribution in [3.8, 4) is 0 Å². The maximum absolute atomic E-state index is 13.1. The minimum absolute atomic E-state index is 0.0298. The van der Waals surface area contributed by atoms with Gasteiger partial charge in [-0.25, -0.2) is 0 Å². The molecule has 1 aliphatic rings. The van der Waals surface area contributed by atoms with E-state index >= 15 is 0 Å². The average molecular weight is 608 g/mol. The maximum Gasteiger partial charge on any atom is 0.325 e.